The van der Waals surface area contributed by atoms with Gasteiger partial charge in [0.25, 0.3) is 0 Å². The van der Waals surface area contributed by atoms with Crippen LogP contribution in [-0.2, 0) is 24.7 Å². The third-order valence-electron chi connectivity index (χ3n) is 18.9. The third kappa shape index (κ3) is 5.51. The fourth-order valence-corrected chi connectivity index (χ4v) is 35.7. The molecular weight excluding hydrogens is 835 g/mol. The predicted molar refractivity (Wildman–Crippen MR) is 261 cm³/mol. The summed E-state index contributed by atoms with van der Waals surface area (Å²) in [5, 5.41) is 0. The van der Waals surface area contributed by atoms with Crippen LogP contribution in [0.15, 0.2) is 123 Å². The third-order valence-corrected chi connectivity index (χ3v) is 38.8. The number of halogens is 2. The molecule has 5 aliphatic carbocycles. The van der Waals surface area contributed by atoms with Crippen molar-refractivity contribution in [2.24, 2.45) is 38.9 Å². The Morgan fingerprint density at radius 1 is 0.746 bits per heavy atom. The zero-order valence-corrected chi connectivity index (χ0v) is 43.0. The van der Waals surface area contributed by atoms with Crippen LogP contribution < -0.4 is 6.54 Å². The van der Waals surface area contributed by atoms with Crippen LogP contribution >= 0.6 is 24.8 Å². The summed E-state index contributed by atoms with van der Waals surface area (Å²) in [5.41, 5.74) is 13.3. The van der Waals surface area contributed by atoms with Crippen LogP contribution in [0.2, 0.25) is 3.12 Å². The van der Waals surface area contributed by atoms with E-state index in [4.69, 9.17) is 4.21 Å². The first-order valence-corrected chi connectivity index (χ1v) is 29.1. The summed E-state index contributed by atoms with van der Waals surface area (Å²) >= 11 is -5.43. The van der Waals surface area contributed by atoms with E-state index in [1.165, 1.54) is 40.8 Å². The van der Waals surface area contributed by atoms with Crippen LogP contribution in [0.4, 0.5) is 0 Å². The molecule has 0 bridgehead atoms. The van der Waals surface area contributed by atoms with Gasteiger partial charge < -0.3 is 0 Å². The van der Waals surface area contributed by atoms with Gasteiger partial charge in [-0.3, -0.25) is 0 Å². The van der Waals surface area contributed by atoms with Crippen LogP contribution in [0.25, 0.3) is 5.57 Å². The van der Waals surface area contributed by atoms with Crippen LogP contribution in [0.3, 0.4) is 0 Å². The fraction of sp³-hybridized carbons (Fsp3) is 0.482. The second kappa shape index (κ2) is 14.6. The molecule has 0 aliphatic heterocycles. The SMILES string of the molecule is Cl.Cl.[CH2]=[Zr]([C]1=CC(C(C)(C)C)=CC1CCC)([c]1ccc(C)cc1)([c]1ccc(C)cc1)[C]1(C)C2=C3Cc4ccccc4C3=C3C=CCCC3C2(C)C(C)(C)C(C)(C)C1(C)C. The van der Waals surface area contributed by atoms with Gasteiger partial charge in [0.2, 0.25) is 0 Å². The van der Waals surface area contributed by atoms with Crippen LogP contribution in [0, 0.1) is 52.8 Å². The van der Waals surface area contributed by atoms with Crippen LogP contribution in [0.1, 0.15) is 131 Å². The van der Waals surface area contributed by atoms with E-state index in [2.05, 4.69) is 194 Å². The van der Waals surface area contributed by atoms with Gasteiger partial charge in [-0.2, -0.15) is 0 Å². The molecule has 0 radical (unpaired) electrons. The quantitative estimate of drug-likeness (QED) is 0.231. The average molecular weight is 909 g/mol. The first-order chi connectivity index (χ1) is 26.6. The number of fused-ring (bicyclic) bond motifs is 6. The molecule has 3 heteroatoms. The number of aryl methyl sites for hydroxylation is 2. The standard InChI is InChI=1S/C29H37.C12H19.2C7H7.CH2.2ClH.Zr/c1-18-25-22-17-19-13-9-10-14-20(19)24(22)21-15-11-12-16-23(21)29(25,8)28(6,7)27(4,5)26(18,2)3;1-5-6-10-7-8-11(9-10)12(2,3)4;2*1-7-5-3-2-4-6-7;;;;/h9-11,13-15,23H,12,16-17H2,1-8H3;8-10H,5-6H2,1-4H3;2*3-6H,1H3;1H2;2*1H;. The van der Waals surface area contributed by atoms with E-state index >= 15 is 0 Å². The topological polar surface area (TPSA) is 0 Å². The molecule has 4 unspecified atom stereocenters. The maximum absolute atomic E-state index is 6.37. The summed E-state index contributed by atoms with van der Waals surface area (Å²) < 4.78 is 10.8. The van der Waals surface area contributed by atoms with Crippen molar-refractivity contribution in [1.82, 2.24) is 0 Å². The summed E-state index contributed by atoms with van der Waals surface area (Å²) in [7, 11) is 0. The van der Waals surface area contributed by atoms with Crippen molar-refractivity contribution in [3.8, 4) is 0 Å². The Morgan fingerprint density at radius 2 is 1.31 bits per heavy atom. The first-order valence-electron chi connectivity index (χ1n) is 22.4. The molecule has 0 heterocycles. The summed E-state index contributed by atoms with van der Waals surface area (Å²) in [4.78, 5) is 0. The van der Waals surface area contributed by atoms with Crippen molar-refractivity contribution >= 4 is 41.1 Å². The van der Waals surface area contributed by atoms with Crippen molar-refractivity contribution in [2.75, 3.05) is 0 Å². The Kier molecular flexibility index (Phi) is 11.5. The number of allylic oxidation sites excluding steroid dienone is 10. The molecule has 316 valence electrons. The Morgan fingerprint density at radius 3 is 1.85 bits per heavy atom. The van der Waals surface area contributed by atoms with Crippen molar-refractivity contribution < 1.29 is 18.3 Å². The van der Waals surface area contributed by atoms with E-state index < -0.39 is 18.3 Å². The van der Waals surface area contributed by atoms with Crippen molar-refractivity contribution in [2.45, 2.75) is 132 Å². The molecule has 0 amide bonds. The van der Waals surface area contributed by atoms with E-state index in [0.29, 0.717) is 11.8 Å². The van der Waals surface area contributed by atoms with Crippen molar-refractivity contribution in [3.63, 3.8) is 0 Å². The van der Waals surface area contributed by atoms with Gasteiger partial charge in [0.15, 0.2) is 0 Å². The molecule has 1 fully saturated rings. The van der Waals surface area contributed by atoms with Gasteiger partial charge >= 0.3 is 351 Å². The van der Waals surface area contributed by atoms with Gasteiger partial charge in [0.05, 0.1) is 0 Å². The molecule has 3 aromatic carbocycles. The van der Waals surface area contributed by atoms with Gasteiger partial charge in [0.1, 0.15) is 0 Å². The van der Waals surface area contributed by atoms with Crippen molar-refractivity contribution in [1.29, 1.82) is 0 Å². The van der Waals surface area contributed by atoms with E-state index in [-0.39, 0.29) is 55.0 Å². The normalized spacial score (nSPS) is 27.7. The molecule has 0 nitrogen and oxygen atoms in total. The second-order valence-electron chi connectivity index (χ2n) is 22.3. The zero-order chi connectivity index (χ0) is 41.4. The van der Waals surface area contributed by atoms with Crippen LogP contribution in [-0.4, -0.2) is 4.21 Å². The summed E-state index contributed by atoms with van der Waals surface area (Å²) in [6.07, 6.45) is 16.2. The number of hydrogen-bond donors (Lipinski definition) is 0. The number of rotatable bonds is 6. The predicted octanol–water partition coefficient (Wildman–Crippen LogP) is 15.1. The van der Waals surface area contributed by atoms with Gasteiger partial charge in [-0.15, -0.1) is 24.8 Å². The fourth-order valence-electron chi connectivity index (χ4n) is 14.3. The molecule has 1 saturated carbocycles. The Hall–Kier alpha value is -2.31. The Bertz CT molecular complexity index is 2350. The molecule has 5 aliphatic rings. The molecule has 59 heavy (non-hydrogen) atoms. The summed E-state index contributed by atoms with van der Waals surface area (Å²) in [6.45, 7) is 36.0. The van der Waals surface area contributed by atoms with Gasteiger partial charge in [-0.1, -0.05) is 0 Å². The molecule has 8 rings (SSSR count). The van der Waals surface area contributed by atoms with Gasteiger partial charge in [-0.05, 0) is 0 Å². The van der Waals surface area contributed by atoms with Crippen molar-refractivity contribution in [3.05, 3.63) is 145 Å². The minimum absolute atomic E-state index is 0. The monoisotopic (exact) mass is 906 g/mol. The average Bonchev–Trinajstić information content (AvgIpc) is 3.77. The van der Waals surface area contributed by atoms with E-state index in [1.54, 1.807) is 25.6 Å². The molecule has 3 aromatic rings. The number of benzene rings is 3. The molecular formula is C56H74Cl2Zr. The van der Waals surface area contributed by atoms with E-state index in [9.17, 15) is 0 Å². The maximum atomic E-state index is 6.37. The van der Waals surface area contributed by atoms with Crippen LogP contribution in [0.5, 0.6) is 0 Å². The molecule has 0 N–H and O–H groups in total. The Labute approximate surface area is 372 Å². The molecule has 0 saturated heterocycles. The summed E-state index contributed by atoms with van der Waals surface area (Å²) in [6, 6.07) is 29.5. The Balaban J connectivity index is 0.00000293. The minimum atomic E-state index is -5.43. The molecule has 0 aromatic heterocycles. The zero-order valence-electron chi connectivity index (χ0n) is 39.0. The van der Waals surface area contributed by atoms with E-state index in [0.717, 1.165) is 25.7 Å². The first kappa shape index (κ1) is 46.2. The molecule has 4 atom stereocenters. The summed E-state index contributed by atoms with van der Waals surface area (Å²) in [5.74, 6) is 0.757. The van der Waals surface area contributed by atoms with Gasteiger partial charge in [0, 0.05) is 0 Å². The van der Waals surface area contributed by atoms with E-state index in [1.807, 2.05) is 0 Å². The molecule has 0 spiro atoms. The number of hydrogen-bond acceptors (Lipinski definition) is 0. The van der Waals surface area contributed by atoms with Gasteiger partial charge in [-0.25, -0.2) is 0 Å². The second-order valence-corrected chi connectivity index (χ2v) is 36.2.